The van der Waals surface area contributed by atoms with E-state index < -0.39 is 0 Å². The number of nitrogens with one attached hydrogen (secondary N) is 1. The topological polar surface area (TPSA) is 63.6 Å². The molecule has 0 aliphatic carbocycles. The molecule has 2 aromatic carbocycles. The quantitative estimate of drug-likeness (QED) is 0.484. The molecule has 0 aliphatic heterocycles. The van der Waals surface area contributed by atoms with Gasteiger partial charge in [-0.15, -0.1) is 0 Å². The highest BCUT2D eigenvalue weighted by Crippen LogP contribution is 2.21. The van der Waals surface area contributed by atoms with Crippen molar-refractivity contribution in [3.63, 3.8) is 0 Å². The third kappa shape index (κ3) is 5.18. The third-order valence-corrected chi connectivity index (χ3v) is 4.58. The minimum atomic E-state index is -0.274. The lowest BCUT2D eigenvalue weighted by atomic mass is 10.1. The largest absolute Gasteiger partial charge is 0.489 e. The van der Waals surface area contributed by atoms with Gasteiger partial charge in [-0.05, 0) is 61.4 Å². The summed E-state index contributed by atoms with van der Waals surface area (Å²) in [5.74, 6) is 0.480. The Balaban J connectivity index is 1.57. The molecule has 5 nitrogen and oxygen atoms in total. The van der Waals surface area contributed by atoms with E-state index in [1.165, 1.54) is 0 Å². The number of amides is 1. The van der Waals surface area contributed by atoms with Crippen LogP contribution in [0, 0.1) is 6.92 Å². The van der Waals surface area contributed by atoms with Crippen LogP contribution in [-0.4, -0.2) is 16.6 Å². The second-order valence-corrected chi connectivity index (χ2v) is 6.68. The zero-order valence-corrected chi connectivity index (χ0v) is 16.4. The van der Waals surface area contributed by atoms with Gasteiger partial charge < -0.3 is 4.74 Å². The van der Waals surface area contributed by atoms with E-state index in [0.717, 1.165) is 22.4 Å². The summed E-state index contributed by atoms with van der Waals surface area (Å²) in [6.45, 7) is 4.15. The van der Waals surface area contributed by atoms with Crippen molar-refractivity contribution in [1.29, 1.82) is 0 Å². The van der Waals surface area contributed by atoms with Crippen molar-refractivity contribution in [2.45, 2.75) is 20.5 Å². The molecule has 1 N–H and O–H groups in total. The van der Waals surface area contributed by atoms with E-state index >= 15 is 0 Å². The molecule has 0 fully saturated rings. The van der Waals surface area contributed by atoms with Gasteiger partial charge >= 0.3 is 0 Å². The Bertz CT molecular complexity index is 986. The van der Waals surface area contributed by atoms with E-state index in [1.807, 2.05) is 56.3 Å². The Morgan fingerprint density at radius 3 is 2.61 bits per heavy atom. The van der Waals surface area contributed by atoms with Crippen LogP contribution in [0.25, 0.3) is 0 Å². The zero-order valence-electron chi connectivity index (χ0n) is 15.6. The number of aromatic nitrogens is 1. The van der Waals surface area contributed by atoms with E-state index in [2.05, 4.69) is 15.5 Å². The van der Waals surface area contributed by atoms with Crippen molar-refractivity contribution < 1.29 is 9.53 Å². The number of carbonyl (C=O) groups is 1. The van der Waals surface area contributed by atoms with Crippen LogP contribution in [0.15, 0.2) is 72.1 Å². The molecule has 0 radical (unpaired) electrons. The van der Waals surface area contributed by atoms with Gasteiger partial charge in [0.1, 0.15) is 12.4 Å². The van der Waals surface area contributed by atoms with E-state index in [4.69, 9.17) is 16.3 Å². The molecule has 28 heavy (non-hydrogen) atoms. The molecule has 0 aliphatic rings. The highest BCUT2D eigenvalue weighted by atomic mass is 35.5. The molecule has 0 bridgehead atoms. The molecule has 3 aromatic rings. The first-order valence-electron chi connectivity index (χ1n) is 8.76. The smallest absolute Gasteiger partial charge is 0.271 e. The van der Waals surface area contributed by atoms with Crippen molar-refractivity contribution in [2.75, 3.05) is 0 Å². The van der Waals surface area contributed by atoms with Gasteiger partial charge in [-0.25, -0.2) is 5.43 Å². The monoisotopic (exact) mass is 393 g/mol. The first-order chi connectivity index (χ1) is 13.5. The molecule has 0 spiro atoms. The number of rotatable bonds is 6. The molecule has 142 valence electrons. The van der Waals surface area contributed by atoms with Crippen LogP contribution in [0.4, 0.5) is 0 Å². The van der Waals surface area contributed by atoms with Crippen LogP contribution in [-0.2, 0) is 6.61 Å². The number of nitrogens with zero attached hydrogens (tertiary/aromatic N) is 2. The lowest BCUT2D eigenvalue weighted by molar-refractivity contribution is 0.0955. The predicted octanol–water partition coefficient (Wildman–Crippen LogP) is 4.78. The summed E-state index contributed by atoms with van der Waals surface area (Å²) in [4.78, 5) is 16.3. The van der Waals surface area contributed by atoms with Gasteiger partial charge in [0.05, 0.1) is 5.71 Å². The summed E-state index contributed by atoms with van der Waals surface area (Å²) in [5, 5.41) is 4.84. The standard InChI is InChI=1S/C22H20ClN3O2/c1-15-12-20(9-10-21(15)23)28-14-17-5-7-18(8-6-17)22(27)26-25-16(2)19-4-3-11-24-13-19/h3-13H,14H2,1-2H3,(H,26,27). The molecule has 3 rings (SSSR count). The van der Waals surface area contributed by atoms with Gasteiger partial charge in [0.15, 0.2) is 0 Å². The molecule has 0 unspecified atom stereocenters. The van der Waals surface area contributed by atoms with Gasteiger partial charge in [0, 0.05) is 28.5 Å². The minimum absolute atomic E-state index is 0.274. The van der Waals surface area contributed by atoms with Crippen molar-refractivity contribution in [3.8, 4) is 5.75 Å². The maximum absolute atomic E-state index is 12.3. The van der Waals surface area contributed by atoms with Crippen molar-refractivity contribution in [3.05, 3.63) is 94.3 Å². The summed E-state index contributed by atoms with van der Waals surface area (Å²) >= 11 is 6.02. The highest BCUT2D eigenvalue weighted by molar-refractivity contribution is 6.31. The number of benzene rings is 2. The number of aryl methyl sites for hydroxylation is 1. The van der Waals surface area contributed by atoms with Gasteiger partial charge in [-0.3, -0.25) is 9.78 Å². The van der Waals surface area contributed by atoms with Crippen LogP contribution in [0.1, 0.15) is 34.0 Å². The second-order valence-electron chi connectivity index (χ2n) is 6.28. The fourth-order valence-electron chi connectivity index (χ4n) is 2.47. The summed E-state index contributed by atoms with van der Waals surface area (Å²) in [6, 6.07) is 16.5. The minimum Gasteiger partial charge on any atom is -0.489 e. The van der Waals surface area contributed by atoms with Gasteiger partial charge in [0.25, 0.3) is 5.91 Å². The van der Waals surface area contributed by atoms with E-state index in [0.29, 0.717) is 22.9 Å². The first-order valence-corrected chi connectivity index (χ1v) is 9.13. The molecule has 6 heteroatoms. The van der Waals surface area contributed by atoms with E-state index in [1.54, 1.807) is 24.5 Å². The number of hydrazone groups is 1. The number of ether oxygens (including phenoxy) is 1. The molecule has 1 amide bonds. The Morgan fingerprint density at radius 2 is 1.93 bits per heavy atom. The van der Waals surface area contributed by atoms with Crippen molar-refractivity contribution >= 4 is 23.2 Å². The van der Waals surface area contributed by atoms with Crippen LogP contribution < -0.4 is 10.2 Å². The molecular weight excluding hydrogens is 374 g/mol. The maximum Gasteiger partial charge on any atom is 0.271 e. The number of hydrogen-bond acceptors (Lipinski definition) is 4. The highest BCUT2D eigenvalue weighted by Gasteiger charge is 2.06. The van der Waals surface area contributed by atoms with Crippen LogP contribution in [0.5, 0.6) is 5.75 Å². The first kappa shape index (κ1) is 19.6. The SMILES string of the molecule is CC(=NNC(=O)c1ccc(COc2ccc(Cl)c(C)c2)cc1)c1cccnc1. The lowest BCUT2D eigenvalue weighted by Gasteiger charge is -2.08. The van der Waals surface area contributed by atoms with Crippen LogP contribution in [0.3, 0.4) is 0 Å². The predicted molar refractivity (Wildman–Crippen MR) is 111 cm³/mol. The van der Waals surface area contributed by atoms with Crippen molar-refractivity contribution in [2.24, 2.45) is 5.10 Å². The summed E-state index contributed by atoms with van der Waals surface area (Å²) in [5.41, 5.74) is 6.55. The number of halogens is 1. The molecule has 0 atom stereocenters. The second kappa shape index (κ2) is 9.15. The average molecular weight is 394 g/mol. The van der Waals surface area contributed by atoms with Gasteiger partial charge in [-0.1, -0.05) is 29.8 Å². The molecular formula is C22H20ClN3O2. The van der Waals surface area contributed by atoms with E-state index in [-0.39, 0.29) is 5.91 Å². The molecule has 0 saturated heterocycles. The lowest BCUT2D eigenvalue weighted by Crippen LogP contribution is -2.19. The number of pyridine rings is 1. The Kier molecular flexibility index (Phi) is 6.40. The third-order valence-electron chi connectivity index (χ3n) is 4.16. The van der Waals surface area contributed by atoms with Gasteiger partial charge in [-0.2, -0.15) is 5.10 Å². The van der Waals surface area contributed by atoms with Crippen molar-refractivity contribution in [1.82, 2.24) is 10.4 Å². The maximum atomic E-state index is 12.3. The zero-order chi connectivity index (χ0) is 19.9. The van der Waals surface area contributed by atoms with Crippen LogP contribution in [0.2, 0.25) is 5.02 Å². The molecule has 1 aromatic heterocycles. The Hall–Kier alpha value is -3.18. The van der Waals surface area contributed by atoms with Gasteiger partial charge in [0.2, 0.25) is 0 Å². The summed E-state index contributed by atoms with van der Waals surface area (Å²) in [7, 11) is 0. The molecule has 0 saturated carbocycles. The summed E-state index contributed by atoms with van der Waals surface area (Å²) in [6.07, 6.45) is 3.39. The number of hydrogen-bond donors (Lipinski definition) is 1. The number of carbonyl (C=O) groups excluding carboxylic acids is 1. The summed E-state index contributed by atoms with van der Waals surface area (Å²) < 4.78 is 5.77. The fraction of sp³-hybridized carbons (Fsp3) is 0.136. The van der Waals surface area contributed by atoms with E-state index in [9.17, 15) is 4.79 Å². The Morgan fingerprint density at radius 1 is 1.14 bits per heavy atom. The molecule has 1 heterocycles. The fourth-order valence-corrected chi connectivity index (χ4v) is 2.58. The Labute approximate surface area is 169 Å². The normalized spacial score (nSPS) is 11.2. The average Bonchev–Trinajstić information content (AvgIpc) is 2.73. The van der Waals surface area contributed by atoms with Crippen LogP contribution >= 0.6 is 11.6 Å².